The Balaban J connectivity index is 1.40. The van der Waals surface area contributed by atoms with Gasteiger partial charge in [0.25, 0.3) is 0 Å². The zero-order valence-corrected chi connectivity index (χ0v) is 16.4. The van der Waals surface area contributed by atoms with Gasteiger partial charge in [-0.15, -0.1) is 11.3 Å². The van der Waals surface area contributed by atoms with E-state index in [9.17, 15) is 9.18 Å². The summed E-state index contributed by atoms with van der Waals surface area (Å²) in [6.45, 7) is 2.00. The summed E-state index contributed by atoms with van der Waals surface area (Å²) >= 11 is 1.74. The van der Waals surface area contributed by atoms with Crippen LogP contribution in [0.3, 0.4) is 0 Å². The Bertz CT molecular complexity index is 1110. The van der Waals surface area contributed by atoms with Crippen LogP contribution in [0.5, 0.6) is 11.5 Å². The molecule has 2 aliphatic rings. The predicted octanol–water partition coefficient (Wildman–Crippen LogP) is 4.90. The maximum Gasteiger partial charge on any atom is 0.231 e. The number of thiophene rings is 1. The van der Waals surface area contributed by atoms with Crippen LogP contribution in [-0.2, 0) is 13.0 Å². The molecule has 3 aromatic rings. The number of nitrogens with zero attached hydrogens (tertiary/aromatic N) is 1. The van der Waals surface area contributed by atoms with Crippen molar-refractivity contribution in [3.8, 4) is 11.5 Å². The van der Waals surface area contributed by atoms with Gasteiger partial charge < -0.3 is 9.47 Å². The van der Waals surface area contributed by atoms with Crippen molar-refractivity contribution in [2.24, 2.45) is 0 Å². The Morgan fingerprint density at radius 2 is 2.03 bits per heavy atom. The molecule has 5 rings (SSSR count). The van der Waals surface area contributed by atoms with Crippen molar-refractivity contribution in [3.63, 3.8) is 0 Å². The molecule has 2 aromatic carbocycles. The molecule has 0 radical (unpaired) electrons. The van der Waals surface area contributed by atoms with Crippen LogP contribution in [0.1, 0.15) is 26.4 Å². The maximum atomic E-state index is 14.0. The number of rotatable bonds is 4. The van der Waals surface area contributed by atoms with E-state index in [4.69, 9.17) is 9.47 Å². The fourth-order valence-corrected chi connectivity index (χ4v) is 4.30. The zero-order chi connectivity index (χ0) is 19.8. The summed E-state index contributed by atoms with van der Waals surface area (Å²) in [6, 6.07) is 14.0. The standard InChI is InChI=1S/C23H18FNO3S/c24-19-6-2-1-4-15(19)12-21-22(26)17-7-8-20-18(23(17)28-21)13-25(14-27-20)10-9-16-5-3-11-29-16/h1-8,11-12H,9-10,13-14H2/b21-12-. The highest BCUT2D eigenvalue weighted by Crippen LogP contribution is 2.42. The molecule has 0 atom stereocenters. The smallest absolute Gasteiger partial charge is 0.231 e. The average Bonchev–Trinajstić information content (AvgIpc) is 3.37. The predicted molar refractivity (Wildman–Crippen MR) is 110 cm³/mol. The number of fused-ring (bicyclic) bond motifs is 3. The quantitative estimate of drug-likeness (QED) is 0.577. The molecular formula is C23H18FNO3S. The average molecular weight is 407 g/mol. The molecule has 0 saturated heterocycles. The van der Waals surface area contributed by atoms with Crippen LogP contribution in [0, 0.1) is 5.82 Å². The Hall–Kier alpha value is -2.96. The third-order valence-corrected chi connectivity index (χ3v) is 6.06. The van der Waals surface area contributed by atoms with Crippen LogP contribution < -0.4 is 9.47 Å². The Morgan fingerprint density at radius 1 is 1.14 bits per heavy atom. The van der Waals surface area contributed by atoms with Gasteiger partial charge in [-0.25, -0.2) is 4.39 Å². The molecule has 2 aliphatic heterocycles. The first-order chi connectivity index (χ1) is 14.2. The zero-order valence-electron chi connectivity index (χ0n) is 15.6. The molecule has 0 N–H and O–H groups in total. The molecule has 3 heterocycles. The van der Waals surface area contributed by atoms with Gasteiger partial charge in [0, 0.05) is 23.5 Å². The molecule has 4 nitrogen and oxygen atoms in total. The van der Waals surface area contributed by atoms with E-state index >= 15 is 0 Å². The number of benzene rings is 2. The minimum atomic E-state index is -0.391. The number of Topliss-reactive ketones (excluding diaryl/α,β-unsaturated/α-hetero) is 1. The summed E-state index contributed by atoms with van der Waals surface area (Å²) in [5, 5.41) is 2.08. The lowest BCUT2D eigenvalue weighted by Gasteiger charge is -2.29. The van der Waals surface area contributed by atoms with Crippen molar-refractivity contribution < 1.29 is 18.7 Å². The summed E-state index contributed by atoms with van der Waals surface area (Å²) in [6.07, 6.45) is 2.41. The van der Waals surface area contributed by atoms with Crippen molar-refractivity contribution in [1.29, 1.82) is 0 Å². The number of carbonyl (C=O) groups excluding carboxylic acids is 1. The second-order valence-electron chi connectivity index (χ2n) is 7.04. The van der Waals surface area contributed by atoms with Crippen molar-refractivity contribution in [1.82, 2.24) is 4.90 Å². The number of hydrogen-bond acceptors (Lipinski definition) is 5. The van der Waals surface area contributed by atoms with Crippen LogP contribution in [0.2, 0.25) is 0 Å². The number of ether oxygens (including phenoxy) is 2. The lowest BCUT2D eigenvalue weighted by atomic mass is 10.0. The number of halogens is 1. The first-order valence-electron chi connectivity index (χ1n) is 9.41. The molecule has 0 saturated carbocycles. The van der Waals surface area contributed by atoms with E-state index in [0.717, 1.165) is 24.3 Å². The van der Waals surface area contributed by atoms with Gasteiger partial charge in [-0.1, -0.05) is 24.3 Å². The molecule has 0 spiro atoms. The Kier molecular flexibility index (Phi) is 4.66. The summed E-state index contributed by atoms with van der Waals surface area (Å²) in [4.78, 5) is 16.3. The van der Waals surface area contributed by atoms with Crippen molar-refractivity contribution >= 4 is 23.2 Å². The molecule has 1 aromatic heterocycles. The monoisotopic (exact) mass is 407 g/mol. The normalized spacial score (nSPS) is 17.0. The van der Waals surface area contributed by atoms with Crippen LogP contribution >= 0.6 is 11.3 Å². The molecule has 6 heteroatoms. The van der Waals surface area contributed by atoms with Gasteiger partial charge in [0.15, 0.2) is 5.76 Å². The molecule has 0 fully saturated rings. The molecular weight excluding hydrogens is 389 g/mol. The number of allylic oxidation sites excluding steroid dienone is 1. The number of carbonyl (C=O) groups is 1. The fraction of sp³-hybridized carbons (Fsp3) is 0.174. The van der Waals surface area contributed by atoms with E-state index in [2.05, 4.69) is 22.4 Å². The van der Waals surface area contributed by atoms with Gasteiger partial charge in [0.05, 0.1) is 11.1 Å². The van der Waals surface area contributed by atoms with E-state index in [-0.39, 0.29) is 11.5 Å². The third-order valence-electron chi connectivity index (χ3n) is 5.13. The van der Waals surface area contributed by atoms with Crippen molar-refractivity contribution in [2.75, 3.05) is 13.3 Å². The van der Waals surface area contributed by atoms with E-state index < -0.39 is 5.82 Å². The van der Waals surface area contributed by atoms with Gasteiger partial charge in [0.1, 0.15) is 24.0 Å². The van der Waals surface area contributed by atoms with Crippen molar-refractivity contribution in [2.45, 2.75) is 13.0 Å². The number of ketones is 1. The molecule has 0 amide bonds. The number of hydrogen-bond donors (Lipinski definition) is 0. The highest BCUT2D eigenvalue weighted by atomic mass is 32.1. The topological polar surface area (TPSA) is 38.8 Å². The lowest BCUT2D eigenvalue weighted by Crippen LogP contribution is -2.33. The Morgan fingerprint density at radius 3 is 2.86 bits per heavy atom. The minimum absolute atomic E-state index is 0.134. The van der Waals surface area contributed by atoms with E-state index in [1.54, 1.807) is 35.6 Å². The van der Waals surface area contributed by atoms with Crippen LogP contribution in [0.25, 0.3) is 6.08 Å². The minimum Gasteiger partial charge on any atom is -0.478 e. The van der Waals surface area contributed by atoms with Crippen LogP contribution in [0.4, 0.5) is 4.39 Å². The van der Waals surface area contributed by atoms with Crippen LogP contribution in [0.15, 0.2) is 59.7 Å². The summed E-state index contributed by atoms with van der Waals surface area (Å²) in [7, 11) is 0. The van der Waals surface area contributed by atoms with Gasteiger partial charge >= 0.3 is 0 Å². The first-order valence-corrected chi connectivity index (χ1v) is 10.3. The summed E-state index contributed by atoms with van der Waals surface area (Å²) < 4.78 is 25.8. The van der Waals surface area contributed by atoms with Crippen LogP contribution in [-0.4, -0.2) is 24.0 Å². The summed E-state index contributed by atoms with van der Waals surface area (Å²) in [5.41, 5.74) is 1.69. The van der Waals surface area contributed by atoms with Crippen molar-refractivity contribution in [3.05, 3.63) is 87.1 Å². The Labute approximate surface area is 171 Å². The lowest BCUT2D eigenvalue weighted by molar-refractivity contribution is 0.0951. The molecule has 0 bridgehead atoms. The largest absolute Gasteiger partial charge is 0.478 e. The first kappa shape index (κ1) is 18.1. The van der Waals surface area contributed by atoms with E-state index in [1.807, 2.05) is 6.07 Å². The van der Waals surface area contributed by atoms with Gasteiger partial charge in [-0.2, -0.15) is 0 Å². The van der Waals surface area contributed by atoms with Gasteiger partial charge in [0.2, 0.25) is 5.78 Å². The highest BCUT2D eigenvalue weighted by Gasteiger charge is 2.33. The second-order valence-corrected chi connectivity index (χ2v) is 8.07. The third kappa shape index (κ3) is 3.45. The summed E-state index contributed by atoms with van der Waals surface area (Å²) in [5.74, 6) is 0.764. The highest BCUT2D eigenvalue weighted by molar-refractivity contribution is 7.09. The second kappa shape index (κ2) is 7.46. The fourth-order valence-electron chi connectivity index (χ4n) is 3.60. The van der Waals surface area contributed by atoms with Gasteiger partial charge in [-0.05, 0) is 42.1 Å². The molecule has 0 unspecified atom stereocenters. The maximum absolute atomic E-state index is 14.0. The molecule has 29 heavy (non-hydrogen) atoms. The molecule has 0 aliphatic carbocycles. The SMILES string of the molecule is O=C1/C(=C/c2ccccc2F)Oc2c1ccc1c2CN(CCc2cccs2)CO1. The molecule has 146 valence electrons. The van der Waals surface area contributed by atoms with E-state index in [0.29, 0.717) is 30.2 Å². The van der Waals surface area contributed by atoms with Gasteiger partial charge in [-0.3, -0.25) is 9.69 Å². The van der Waals surface area contributed by atoms with E-state index in [1.165, 1.54) is 17.0 Å².